The minimum atomic E-state index is -0.670. The molecule has 0 bridgehead atoms. The molecular weight excluding hydrogens is 388 g/mol. The quantitative estimate of drug-likeness (QED) is 0.352. The summed E-state index contributed by atoms with van der Waals surface area (Å²) in [5.41, 5.74) is 6.66. The van der Waals surface area contributed by atoms with Crippen LogP contribution in [-0.4, -0.2) is 12.3 Å². The number of primary amides is 1. The highest BCUT2D eigenvalue weighted by molar-refractivity contribution is 7.82. The molecule has 1 unspecified atom stereocenters. The minimum absolute atomic E-state index is 0.511. The average molecular weight is 413 g/mol. The summed E-state index contributed by atoms with van der Waals surface area (Å²) in [4.78, 5) is 11.4. The molecule has 3 rings (SSSR count). The molecule has 0 aliphatic rings. The van der Waals surface area contributed by atoms with Crippen LogP contribution in [-0.2, 0) is 0 Å². The normalized spacial score (nSPS) is 11.7. The molecule has 1 atom stereocenters. The molecule has 29 heavy (non-hydrogen) atoms. The minimum Gasteiger partial charge on any atom is -0.464 e. The number of anilines is 1. The Morgan fingerprint density at radius 2 is 1.97 bits per heavy atom. The van der Waals surface area contributed by atoms with E-state index in [0.717, 1.165) is 28.5 Å². The Kier molecular flexibility index (Phi) is 7.08. The molecule has 0 saturated heterocycles. The number of hydrogen-bond donors (Lipinski definition) is 2. The van der Waals surface area contributed by atoms with E-state index < -0.39 is 12.3 Å². The maximum absolute atomic E-state index is 11.4. The first kappa shape index (κ1) is 20.7. The lowest BCUT2D eigenvalue weighted by Gasteiger charge is -2.22. The van der Waals surface area contributed by atoms with Crippen molar-refractivity contribution in [3.05, 3.63) is 66.9 Å². The van der Waals surface area contributed by atoms with Crippen LogP contribution in [0.4, 0.5) is 10.5 Å². The van der Waals surface area contributed by atoms with Crippen LogP contribution in [0.3, 0.4) is 0 Å². The van der Waals surface area contributed by atoms with E-state index >= 15 is 0 Å². The van der Waals surface area contributed by atoms with Crippen molar-refractivity contribution in [2.75, 3.05) is 4.31 Å². The number of urea groups is 1. The molecule has 1 heterocycles. The predicted molar refractivity (Wildman–Crippen MR) is 116 cm³/mol. The van der Waals surface area contributed by atoms with Crippen molar-refractivity contribution in [1.29, 1.82) is 0 Å². The van der Waals surface area contributed by atoms with E-state index in [0.29, 0.717) is 23.6 Å². The van der Waals surface area contributed by atoms with Gasteiger partial charge in [0, 0.05) is 12.5 Å². The van der Waals surface area contributed by atoms with E-state index in [1.54, 1.807) is 30.5 Å². The van der Waals surface area contributed by atoms with Crippen LogP contribution in [0.5, 0.6) is 11.5 Å². The van der Waals surface area contributed by atoms with Crippen LogP contribution in [0.2, 0.25) is 0 Å². The highest BCUT2D eigenvalue weighted by Gasteiger charge is 2.17. The van der Waals surface area contributed by atoms with E-state index in [1.165, 1.54) is 0 Å². The Morgan fingerprint density at radius 3 is 2.69 bits per heavy atom. The highest BCUT2D eigenvalue weighted by atomic mass is 32.1. The third-order valence-corrected chi connectivity index (χ3v) is 4.69. The zero-order valence-corrected chi connectivity index (χ0v) is 17.0. The first-order valence-corrected chi connectivity index (χ1v) is 9.83. The second-order valence-electron chi connectivity index (χ2n) is 6.43. The number of carbonyl (C=O) groups excluding carboxylic acids is 1. The van der Waals surface area contributed by atoms with Crippen LogP contribution < -0.4 is 19.5 Å². The molecule has 1 aromatic heterocycles. The van der Waals surface area contributed by atoms with Gasteiger partial charge in [0.15, 0.2) is 0 Å². The SMILES string of the molecule is CCCCC(Oc1cccc(N(S)C(N)=O)c1)Oc1ccccc1-c1ccco1. The van der Waals surface area contributed by atoms with Crippen molar-refractivity contribution in [2.45, 2.75) is 32.5 Å². The number of nitrogens with zero attached hydrogens (tertiary/aromatic N) is 1. The van der Waals surface area contributed by atoms with Crippen LogP contribution in [0.1, 0.15) is 26.2 Å². The van der Waals surface area contributed by atoms with Gasteiger partial charge in [-0.15, -0.1) is 0 Å². The highest BCUT2D eigenvalue weighted by Crippen LogP contribution is 2.32. The van der Waals surface area contributed by atoms with E-state index in [4.69, 9.17) is 19.6 Å². The number of hydrogen-bond acceptors (Lipinski definition) is 5. The van der Waals surface area contributed by atoms with Gasteiger partial charge < -0.3 is 19.6 Å². The monoisotopic (exact) mass is 412 g/mol. The van der Waals surface area contributed by atoms with E-state index in [-0.39, 0.29) is 0 Å². The van der Waals surface area contributed by atoms with Crippen LogP contribution >= 0.6 is 12.8 Å². The fourth-order valence-electron chi connectivity index (χ4n) is 2.83. The number of rotatable bonds is 9. The number of para-hydroxylation sites is 1. The van der Waals surface area contributed by atoms with Gasteiger partial charge in [-0.25, -0.2) is 9.10 Å². The first-order valence-electron chi connectivity index (χ1n) is 9.43. The molecule has 152 valence electrons. The lowest BCUT2D eigenvalue weighted by atomic mass is 10.1. The molecule has 0 aliphatic carbocycles. The standard InChI is InChI=1S/C22H24N2O4S/c1-2-3-13-21(27-17-9-6-8-16(15-17)24(29)22(23)25)28-20-11-5-4-10-18(20)19-12-7-14-26-19/h4-12,14-15,21,29H,2-3,13H2,1H3,(H2,23,25). The molecule has 2 aromatic carbocycles. The van der Waals surface area contributed by atoms with Gasteiger partial charge in [0.2, 0.25) is 6.29 Å². The lowest BCUT2D eigenvalue weighted by Crippen LogP contribution is -2.27. The molecule has 0 aliphatic heterocycles. The Hall–Kier alpha value is -3.06. The molecule has 0 fully saturated rings. The summed E-state index contributed by atoms with van der Waals surface area (Å²) in [6, 6.07) is 17.7. The molecule has 7 heteroatoms. The fraction of sp³-hybridized carbons (Fsp3) is 0.227. The fourth-order valence-corrected chi connectivity index (χ4v) is 2.95. The zero-order valence-electron chi connectivity index (χ0n) is 16.2. The Labute approximate surface area is 175 Å². The number of amides is 2. The smallest absolute Gasteiger partial charge is 0.329 e. The Bertz CT molecular complexity index is 930. The first-order chi connectivity index (χ1) is 14.1. The van der Waals surface area contributed by atoms with Gasteiger partial charge in [-0.3, -0.25) is 0 Å². The molecular formula is C22H24N2O4S. The van der Waals surface area contributed by atoms with Gasteiger partial charge in [0.1, 0.15) is 17.3 Å². The van der Waals surface area contributed by atoms with E-state index in [1.807, 2.05) is 36.4 Å². The molecule has 6 nitrogen and oxygen atoms in total. The number of ether oxygens (including phenoxy) is 2. The summed E-state index contributed by atoms with van der Waals surface area (Å²) < 4.78 is 18.9. The summed E-state index contributed by atoms with van der Waals surface area (Å²) in [5.74, 6) is 1.95. The van der Waals surface area contributed by atoms with Crippen molar-refractivity contribution in [3.63, 3.8) is 0 Å². The van der Waals surface area contributed by atoms with Crippen molar-refractivity contribution in [3.8, 4) is 22.8 Å². The third-order valence-electron chi connectivity index (χ3n) is 4.26. The number of carbonyl (C=O) groups is 1. The lowest BCUT2D eigenvalue weighted by molar-refractivity contribution is -0.00171. The summed E-state index contributed by atoms with van der Waals surface area (Å²) in [6.07, 6.45) is 3.77. The zero-order chi connectivity index (χ0) is 20.6. The number of furan rings is 1. The maximum Gasteiger partial charge on any atom is 0.329 e. The molecule has 0 radical (unpaired) electrons. The summed E-state index contributed by atoms with van der Waals surface area (Å²) in [5, 5.41) is 0. The Morgan fingerprint density at radius 1 is 1.14 bits per heavy atom. The second kappa shape index (κ2) is 9.93. The van der Waals surface area contributed by atoms with Crippen LogP contribution in [0.15, 0.2) is 71.3 Å². The van der Waals surface area contributed by atoms with E-state index in [2.05, 4.69) is 19.7 Å². The largest absolute Gasteiger partial charge is 0.464 e. The van der Waals surface area contributed by atoms with Gasteiger partial charge in [-0.05, 0) is 42.8 Å². The third kappa shape index (κ3) is 5.48. The number of unbranched alkanes of at least 4 members (excludes halogenated alkanes) is 1. The van der Waals surface area contributed by atoms with Crippen molar-refractivity contribution >= 4 is 24.5 Å². The Balaban J connectivity index is 1.81. The average Bonchev–Trinajstić information content (AvgIpc) is 3.26. The summed E-state index contributed by atoms with van der Waals surface area (Å²) >= 11 is 4.10. The van der Waals surface area contributed by atoms with Gasteiger partial charge in [-0.1, -0.05) is 44.4 Å². The van der Waals surface area contributed by atoms with Crippen LogP contribution in [0.25, 0.3) is 11.3 Å². The number of benzene rings is 2. The molecule has 0 spiro atoms. The van der Waals surface area contributed by atoms with Crippen molar-refractivity contribution in [1.82, 2.24) is 0 Å². The number of nitrogens with two attached hydrogens (primary N) is 1. The van der Waals surface area contributed by atoms with Crippen molar-refractivity contribution in [2.24, 2.45) is 5.73 Å². The van der Waals surface area contributed by atoms with Gasteiger partial charge >= 0.3 is 6.03 Å². The van der Waals surface area contributed by atoms with E-state index in [9.17, 15) is 4.79 Å². The predicted octanol–water partition coefficient (Wildman–Crippen LogP) is 5.65. The van der Waals surface area contributed by atoms with Gasteiger partial charge in [0.25, 0.3) is 0 Å². The summed E-state index contributed by atoms with van der Waals surface area (Å²) in [7, 11) is 0. The molecule has 2 amide bonds. The molecule has 3 aromatic rings. The second-order valence-corrected chi connectivity index (χ2v) is 6.83. The topological polar surface area (TPSA) is 77.9 Å². The van der Waals surface area contributed by atoms with Crippen molar-refractivity contribution < 1.29 is 18.7 Å². The molecule has 2 N–H and O–H groups in total. The maximum atomic E-state index is 11.4. The van der Waals surface area contributed by atoms with Gasteiger partial charge in [0.05, 0.1) is 17.5 Å². The molecule has 0 saturated carbocycles. The van der Waals surface area contributed by atoms with Gasteiger partial charge in [-0.2, -0.15) is 0 Å². The van der Waals surface area contributed by atoms with Crippen LogP contribution in [0, 0.1) is 0 Å². The summed E-state index contributed by atoms with van der Waals surface area (Å²) in [6.45, 7) is 2.11. The number of thiol groups is 1.